The molecule has 0 spiro atoms. The van der Waals surface area contributed by atoms with Crippen molar-refractivity contribution in [2.45, 2.75) is 39.5 Å². The van der Waals surface area contributed by atoms with E-state index in [1.165, 1.54) is 5.56 Å². The SMILES string of the molecule is CCc1nc2cccc(C(C)(C)C)c2o1. The number of nitrogens with zero attached hydrogens (tertiary/aromatic N) is 1. The average molecular weight is 203 g/mol. The standard InChI is InChI=1S/C13H17NO/c1-5-11-14-10-8-6-7-9(12(10)15-11)13(2,3)4/h6-8H,5H2,1-4H3. The van der Waals surface area contributed by atoms with E-state index in [2.05, 4.69) is 38.7 Å². The average Bonchev–Trinajstić information content (AvgIpc) is 2.57. The molecule has 0 aliphatic heterocycles. The van der Waals surface area contributed by atoms with Crippen LogP contribution in [0.3, 0.4) is 0 Å². The molecule has 0 saturated carbocycles. The predicted octanol–water partition coefficient (Wildman–Crippen LogP) is 3.69. The number of rotatable bonds is 1. The van der Waals surface area contributed by atoms with Gasteiger partial charge in [-0.15, -0.1) is 0 Å². The molecule has 2 rings (SSSR count). The van der Waals surface area contributed by atoms with Crippen LogP contribution in [0.2, 0.25) is 0 Å². The molecule has 0 bridgehead atoms. The predicted molar refractivity (Wildman–Crippen MR) is 62.1 cm³/mol. The van der Waals surface area contributed by atoms with Crippen LogP contribution in [-0.2, 0) is 11.8 Å². The van der Waals surface area contributed by atoms with E-state index in [4.69, 9.17) is 4.42 Å². The van der Waals surface area contributed by atoms with E-state index < -0.39 is 0 Å². The zero-order valence-corrected chi connectivity index (χ0v) is 9.79. The maximum Gasteiger partial charge on any atom is 0.195 e. The first-order valence-corrected chi connectivity index (χ1v) is 5.41. The number of fused-ring (bicyclic) bond motifs is 1. The maximum atomic E-state index is 5.76. The van der Waals surface area contributed by atoms with Crippen molar-refractivity contribution in [1.82, 2.24) is 4.98 Å². The van der Waals surface area contributed by atoms with Gasteiger partial charge in [-0.1, -0.05) is 39.8 Å². The molecule has 0 unspecified atom stereocenters. The summed E-state index contributed by atoms with van der Waals surface area (Å²) in [5.41, 5.74) is 3.25. The van der Waals surface area contributed by atoms with E-state index in [0.717, 1.165) is 23.4 Å². The van der Waals surface area contributed by atoms with Crippen molar-refractivity contribution in [3.8, 4) is 0 Å². The van der Waals surface area contributed by atoms with Gasteiger partial charge in [-0.25, -0.2) is 4.98 Å². The Balaban J connectivity index is 2.70. The van der Waals surface area contributed by atoms with E-state index >= 15 is 0 Å². The third-order valence-electron chi connectivity index (χ3n) is 2.57. The van der Waals surface area contributed by atoms with Gasteiger partial charge in [-0.3, -0.25) is 0 Å². The summed E-state index contributed by atoms with van der Waals surface area (Å²) in [5.74, 6) is 0.821. The normalized spacial score (nSPS) is 12.3. The van der Waals surface area contributed by atoms with E-state index in [1.807, 2.05) is 12.1 Å². The van der Waals surface area contributed by atoms with Crippen molar-refractivity contribution in [2.75, 3.05) is 0 Å². The molecule has 0 N–H and O–H groups in total. The number of para-hydroxylation sites is 1. The molecule has 0 aliphatic carbocycles. The Morgan fingerprint density at radius 3 is 2.60 bits per heavy atom. The number of hydrogen-bond acceptors (Lipinski definition) is 2. The van der Waals surface area contributed by atoms with E-state index in [1.54, 1.807) is 0 Å². The molecule has 2 nitrogen and oxygen atoms in total. The molecule has 0 saturated heterocycles. The Morgan fingerprint density at radius 2 is 2.00 bits per heavy atom. The minimum absolute atomic E-state index is 0.101. The smallest absolute Gasteiger partial charge is 0.195 e. The fourth-order valence-electron chi connectivity index (χ4n) is 1.74. The van der Waals surface area contributed by atoms with Crippen molar-refractivity contribution in [1.29, 1.82) is 0 Å². The maximum absolute atomic E-state index is 5.76. The van der Waals surface area contributed by atoms with Crippen LogP contribution in [-0.4, -0.2) is 4.98 Å². The Labute approximate surface area is 90.3 Å². The second-order valence-electron chi connectivity index (χ2n) is 4.86. The number of aromatic nitrogens is 1. The summed E-state index contributed by atoms with van der Waals surface area (Å²) in [6.45, 7) is 8.63. The lowest BCUT2D eigenvalue weighted by Gasteiger charge is -2.18. The highest BCUT2D eigenvalue weighted by atomic mass is 16.3. The van der Waals surface area contributed by atoms with E-state index in [-0.39, 0.29) is 5.41 Å². The highest BCUT2D eigenvalue weighted by Crippen LogP contribution is 2.30. The van der Waals surface area contributed by atoms with Crippen molar-refractivity contribution in [2.24, 2.45) is 0 Å². The Bertz CT molecular complexity index is 477. The topological polar surface area (TPSA) is 26.0 Å². The van der Waals surface area contributed by atoms with Gasteiger partial charge in [0.2, 0.25) is 0 Å². The molecule has 1 heterocycles. The Hall–Kier alpha value is -1.31. The zero-order valence-electron chi connectivity index (χ0n) is 9.79. The summed E-state index contributed by atoms with van der Waals surface area (Å²) in [6, 6.07) is 6.17. The van der Waals surface area contributed by atoms with Gasteiger partial charge in [0.1, 0.15) is 5.52 Å². The van der Waals surface area contributed by atoms with Gasteiger partial charge in [0, 0.05) is 12.0 Å². The van der Waals surface area contributed by atoms with Crippen LogP contribution in [0, 0.1) is 0 Å². The third kappa shape index (κ3) is 1.76. The summed E-state index contributed by atoms with van der Waals surface area (Å²) in [6.07, 6.45) is 0.845. The highest BCUT2D eigenvalue weighted by molar-refractivity contribution is 5.77. The summed E-state index contributed by atoms with van der Waals surface area (Å²) in [4.78, 5) is 4.44. The van der Waals surface area contributed by atoms with Gasteiger partial charge in [-0.2, -0.15) is 0 Å². The van der Waals surface area contributed by atoms with Gasteiger partial charge in [0.15, 0.2) is 11.5 Å². The van der Waals surface area contributed by atoms with Crippen LogP contribution in [0.25, 0.3) is 11.1 Å². The van der Waals surface area contributed by atoms with Crippen LogP contribution >= 0.6 is 0 Å². The van der Waals surface area contributed by atoms with E-state index in [0.29, 0.717) is 0 Å². The number of benzene rings is 1. The van der Waals surface area contributed by atoms with Gasteiger partial charge in [0.05, 0.1) is 0 Å². The molecule has 0 radical (unpaired) electrons. The third-order valence-corrected chi connectivity index (χ3v) is 2.57. The summed E-state index contributed by atoms with van der Waals surface area (Å²) >= 11 is 0. The van der Waals surface area contributed by atoms with E-state index in [9.17, 15) is 0 Å². The molecular formula is C13H17NO. The van der Waals surface area contributed by atoms with Crippen LogP contribution in [0.15, 0.2) is 22.6 Å². The van der Waals surface area contributed by atoms with Crippen LogP contribution in [0.4, 0.5) is 0 Å². The first-order valence-electron chi connectivity index (χ1n) is 5.41. The van der Waals surface area contributed by atoms with Crippen LogP contribution < -0.4 is 0 Å². The van der Waals surface area contributed by atoms with Gasteiger partial charge in [-0.05, 0) is 11.5 Å². The number of oxazole rings is 1. The molecule has 15 heavy (non-hydrogen) atoms. The van der Waals surface area contributed by atoms with Crippen molar-refractivity contribution < 1.29 is 4.42 Å². The molecule has 2 heteroatoms. The van der Waals surface area contributed by atoms with Gasteiger partial charge >= 0.3 is 0 Å². The number of hydrogen-bond donors (Lipinski definition) is 0. The fourth-order valence-corrected chi connectivity index (χ4v) is 1.74. The quantitative estimate of drug-likeness (QED) is 0.706. The summed E-state index contributed by atoms with van der Waals surface area (Å²) in [7, 11) is 0. The van der Waals surface area contributed by atoms with Gasteiger partial charge < -0.3 is 4.42 Å². The molecule has 80 valence electrons. The molecule has 0 atom stereocenters. The summed E-state index contributed by atoms with van der Waals surface area (Å²) in [5, 5.41) is 0. The van der Waals surface area contributed by atoms with Crippen molar-refractivity contribution >= 4 is 11.1 Å². The minimum Gasteiger partial charge on any atom is -0.440 e. The minimum atomic E-state index is 0.101. The molecule has 1 aromatic carbocycles. The second kappa shape index (κ2) is 3.37. The lowest BCUT2D eigenvalue weighted by Crippen LogP contribution is -2.10. The summed E-state index contributed by atoms with van der Waals surface area (Å²) < 4.78 is 5.76. The molecule has 1 aromatic heterocycles. The fraction of sp³-hybridized carbons (Fsp3) is 0.462. The second-order valence-corrected chi connectivity index (χ2v) is 4.86. The molecule has 0 amide bonds. The monoisotopic (exact) mass is 203 g/mol. The molecule has 2 aromatic rings. The van der Waals surface area contributed by atoms with Crippen LogP contribution in [0.1, 0.15) is 39.1 Å². The zero-order chi connectivity index (χ0) is 11.1. The van der Waals surface area contributed by atoms with Gasteiger partial charge in [0.25, 0.3) is 0 Å². The van der Waals surface area contributed by atoms with Crippen molar-refractivity contribution in [3.05, 3.63) is 29.7 Å². The Morgan fingerprint density at radius 1 is 1.27 bits per heavy atom. The largest absolute Gasteiger partial charge is 0.440 e. The Kier molecular flexibility index (Phi) is 2.29. The first-order chi connectivity index (χ1) is 7.02. The lowest BCUT2D eigenvalue weighted by atomic mass is 9.86. The molecular weight excluding hydrogens is 186 g/mol. The molecule has 0 fully saturated rings. The highest BCUT2D eigenvalue weighted by Gasteiger charge is 2.19. The van der Waals surface area contributed by atoms with Crippen molar-refractivity contribution in [3.63, 3.8) is 0 Å². The number of aryl methyl sites for hydroxylation is 1. The first kappa shape index (κ1) is 10.2. The van der Waals surface area contributed by atoms with Crippen LogP contribution in [0.5, 0.6) is 0 Å². The molecule has 0 aliphatic rings. The lowest BCUT2D eigenvalue weighted by molar-refractivity contribution is 0.517.